The second-order valence-corrected chi connectivity index (χ2v) is 11.5. The highest BCUT2D eigenvalue weighted by Gasteiger charge is 2.42. The first-order valence-electron chi connectivity index (χ1n) is 14.3. The van der Waals surface area contributed by atoms with Crippen LogP contribution in [0.3, 0.4) is 0 Å². The number of hydrogen-bond acceptors (Lipinski definition) is 7. The van der Waals surface area contributed by atoms with E-state index in [9.17, 15) is 14.0 Å². The molecule has 216 valence electrons. The zero-order chi connectivity index (χ0) is 28.5. The molecule has 1 N–H and O–H groups in total. The van der Waals surface area contributed by atoms with Gasteiger partial charge < -0.3 is 19.9 Å². The fourth-order valence-electron chi connectivity index (χ4n) is 6.56. The summed E-state index contributed by atoms with van der Waals surface area (Å²) in [5.74, 6) is 0.906. The minimum Gasteiger partial charge on any atom is -0.381 e. The molecule has 0 bridgehead atoms. The molecule has 2 amide bonds. The van der Waals surface area contributed by atoms with Gasteiger partial charge in [-0.3, -0.25) is 14.6 Å². The third-order valence-corrected chi connectivity index (χ3v) is 8.72. The number of nitrogens with one attached hydrogen (secondary N) is 1. The molecular formula is C30H36FN7O3. The fourth-order valence-corrected chi connectivity index (χ4v) is 6.56. The van der Waals surface area contributed by atoms with E-state index in [4.69, 9.17) is 4.74 Å². The van der Waals surface area contributed by atoms with Crippen molar-refractivity contribution >= 4 is 11.8 Å². The van der Waals surface area contributed by atoms with Gasteiger partial charge in [0.15, 0.2) is 5.82 Å². The molecule has 10 nitrogen and oxygen atoms in total. The molecule has 6 rings (SSSR count). The van der Waals surface area contributed by atoms with Gasteiger partial charge in [-0.15, -0.1) is 0 Å². The molecule has 2 aromatic heterocycles. The number of aryl methyl sites for hydroxylation is 1. The largest absolute Gasteiger partial charge is 0.381 e. The van der Waals surface area contributed by atoms with Crippen LogP contribution in [0.25, 0.3) is 5.82 Å². The second-order valence-electron chi connectivity index (χ2n) is 11.5. The normalized spacial score (nSPS) is 23.1. The Labute approximate surface area is 238 Å². The molecule has 0 aliphatic carbocycles. The van der Waals surface area contributed by atoms with Crippen LogP contribution in [0.1, 0.15) is 46.2 Å². The Morgan fingerprint density at radius 3 is 2.63 bits per heavy atom. The van der Waals surface area contributed by atoms with Crippen molar-refractivity contribution in [1.29, 1.82) is 0 Å². The SMILES string of the molecule is Cc1nn(-c2cnccn2)c(C)c1C(=O)N1CC2CN(CCC(NC(=O)C3CCOC3)c3cccc(F)c3)C[C@H]2C1. The van der Waals surface area contributed by atoms with Crippen LogP contribution in [0.15, 0.2) is 42.9 Å². The van der Waals surface area contributed by atoms with E-state index < -0.39 is 0 Å². The van der Waals surface area contributed by atoms with Gasteiger partial charge in [0.25, 0.3) is 5.91 Å². The van der Waals surface area contributed by atoms with Crippen LogP contribution in [0.5, 0.6) is 0 Å². The number of benzene rings is 1. The number of hydrogen-bond donors (Lipinski definition) is 1. The lowest BCUT2D eigenvalue weighted by molar-refractivity contribution is -0.125. The topological polar surface area (TPSA) is 105 Å². The number of amides is 2. The van der Waals surface area contributed by atoms with E-state index in [1.165, 1.54) is 12.1 Å². The van der Waals surface area contributed by atoms with Crippen molar-refractivity contribution < 1.29 is 18.7 Å². The number of carbonyl (C=O) groups is 2. The third-order valence-electron chi connectivity index (χ3n) is 8.72. The molecule has 3 unspecified atom stereocenters. The maximum Gasteiger partial charge on any atom is 0.257 e. The monoisotopic (exact) mass is 561 g/mol. The molecule has 0 saturated carbocycles. The molecule has 11 heteroatoms. The van der Waals surface area contributed by atoms with Gasteiger partial charge in [-0.2, -0.15) is 5.10 Å². The number of likely N-dealkylation sites (tertiary alicyclic amines) is 2. The van der Waals surface area contributed by atoms with E-state index in [0.717, 1.165) is 30.9 Å². The number of nitrogens with zero attached hydrogens (tertiary/aromatic N) is 6. The van der Waals surface area contributed by atoms with Gasteiger partial charge >= 0.3 is 0 Å². The van der Waals surface area contributed by atoms with Crippen molar-refractivity contribution in [3.63, 3.8) is 0 Å². The molecule has 3 aliphatic rings. The molecular weight excluding hydrogens is 525 g/mol. The fraction of sp³-hybridized carbons (Fsp3) is 0.500. The van der Waals surface area contributed by atoms with Gasteiger partial charge in [0.1, 0.15) is 5.82 Å². The van der Waals surface area contributed by atoms with E-state index in [0.29, 0.717) is 68.1 Å². The van der Waals surface area contributed by atoms with E-state index in [-0.39, 0.29) is 29.6 Å². The zero-order valence-electron chi connectivity index (χ0n) is 23.5. The van der Waals surface area contributed by atoms with Crippen LogP contribution in [-0.4, -0.2) is 87.3 Å². The molecule has 3 aliphatic heterocycles. The maximum atomic E-state index is 14.0. The van der Waals surface area contributed by atoms with Gasteiger partial charge in [0.2, 0.25) is 5.91 Å². The van der Waals surface area contributed by atoms with E-state index in [2.05, 4.69) is 25.3 Å². The number of rotatable bonds is 8. The first-order valence-corrected chi connectivity index (χ1v) is 14.3. The van der Waals surface area contributed by atoms with Crippen molar-refractivity contribution in [1.82, 2.24) is 34.9 Å². The van der Waals surface area contributed by atoms with Crippen LogP contribution in [0, 0.1) is 37.4 Å². The summed E-state index contributed by atoms with van der Waals surface area (Å²) in [6.45, 7) is 8.79. The molecule has 5 heterocycles. The molecule has 3 aromatic rings. The van der Waals surface area contributed by atoms with Crippen molar-refractivity contribution in [2.45, 2.75) is 32.7 Å². The number of aromatic nitrogens is 4. The highest BCUT2D eigenvalue weighted by atomic mass is 19.1. The number of ether oxygens (including phenoxy) is 1. The Morgan fingerprint density at radius 1 is 1.15 bits per heavy atom. The predicted molar refractivity (Wildman–Crippen MR) is 149 cm³/mol. The molecule has 0 spiro atoms. The Morgan fingerprint density at radius 2 is 1.95 bits per heavy atom. The van der Waals surface area contributed by atoms with Gasteiger partial charge in [-0.1, -0.05) is 12.1 Å². The second kappa shape index (κ2) is 11.7. The lowest BCUT2D eigenvalue weighted by atomic mass is 10.0. The molecule has 3 saturated heterocycles. The number of carbonyl (C=O) groups excluding carboxylic acids is 2. The summed E-state index contributed by atoms with van der Waals surface area (Å²) in [7, 11) is 0. The summed E-state index contributed by atoms with van der Waals surface area (Å²) < 4.78 is 21.1. The van der Waals surface area contributed by atoms with E-state index >= 15 is 0 Å². The summed E-state index contributed by atoms with van der Waals surface area (Å²) in [4.78, 5) is 39.3. The van der Waals surface area contributed by atoms with E-state index in [1.54, 1.807) is 29.3 Å². The van der Waals surface area contributed by atoms with Crippen LogP contribution in [0.4, 0.5) is 4.39 Å². The van der Waals surface area contributed by atoms with Crippen LogP contribution in [0.2, 0.25) is 0 Å². The lowest BCUT2D eigenvalue weighted by Crippen LogP contribution is -2.37. The van der Waals surface area contributed by atoms with Crippen molar-refractivity contribution in [2.24, 2.45) is 17.8 Å². The highest BCUT2D eigenvalue weighted by molar-refractivity contribution is 5.96. The van der Waals surface area contributed by atoms with Crippen molar-refractivity contribution in [3.05, 3.63) is 71.2 Å². The Kier molecular flexibility index (Phi) is 7.81. The minimum absolute atomic E-state index is 0.0147. The Bertz CT molecular complexity index is 1390. The first kappa shape index (κ1) is 27.5. The van der Waals surface area contributed by atoms with Crippen LogP contribution < -0.4 is 5.32 Å². The van der Waals surface area contributed by atoms with Gasteiger partial charge in [-0.05, 0) is 56.2 Å². The average Bonchev–Trinajstić information content (AvgIpc) is 3.75. The molecule has 4 atom stereocenters. The summed E-state index contributed by atoms with van der Waals surface area (Å²) in [5.41, 5.74) is 2.86. The van der Waals surface area contributed by atoms with E-state index in [1.807, 2.05) is 24.8 Å². The summed E-state index contributed by atoms with van der Waals surface area (Å²) in [6, 6.07) is 6.22. The highest BCUT2D eigenvalue weighted by Crippen LogP contribution is 2.33. The summed E-state index contributed by atoms with van der Waals surface area (Å²) in [6.07, 6.45) is 6.25. The molecule has 1 aromatic carbocycles. The molecule has 0 radical (unpaired) electrons. The van der Waals surface area contributed by atoms with Crippen LogP contribution in [-0.2, 0) is 9.53 Å². The van der Waals surface area contributed by atoms with Crippen molar-refractivity contribution in [2.75, 3.05) is 45.9 Å². The maximum absolute atomic E-state index is 14.0. The zero-order valence-corrected chi connectivity index (χ0v) is 23.5. The Balaban J connectivity index is 1.07. The quantitative estimate of drug-likeness (QED) is 0.451. The third kappa shape index (κ3) is 5.73. The van der Waals surface area contributed by atoms with Gasteiger partial charge in [0, 0.05) is 51.7 Å². The Hall–Kier alpha value is -3.70. The standard InChI is InChI=1S/C30H36FN7O3/c1-19-28(20(2)38(35-19)27-13-32-8-9-33-27)30(40)37-16-23-14-36(15-24(23)17-37)10-6-26(21-4-3-5-25(31)12-21)34-29(39)22-7-11-41-18-22/h3-5,8-9,12-13,22-24,26H,6-7,10-11,14-18H2,1-2H3,(H,34,39)/t22?,23-,24?,26?/m0/s1. The number of fused-ring (bicyclic) bond motifs is 1. The first-order chi connectivity index (χ1) is 19.9. The smallest absolute Gasteiger partial charge is 0.257 e. The van der Waals surface area contributed by atoms with Gasteiger partial charge in [0.05, 0.1) is 41.7 Å². The lowest BCUT2D eigenvalue weighted by Gasteiger charge is -2.25. The molecule has 3 fully saturated rings. The number of halogens is 1. The average molecular weight is 562 g/mol. The molecule has 41 heavy (non-hydrogen) atoms. The summed E-state index contributed by atoms with van der Waals surface area (Å²) in [5, 5.41) is 7.73. The summed E-state index contributed by atoms with van der Waals surface area (Å²) >= 11 is 0. The predicted octanol–water partition coefficient (Wildman–Crippen LogP) is 2.71. The van der Waals surface area contributed by atoms with Crippen molar-refractivity contribution in [3.8, 4) is 5.82 Å². The van der Waals surface area contributed by atoms with Crippen LogP contribution >= 0.6 is 0 Å². The van der Waals surface area contributed by atoms with Gasteiger partial charge in [-0.25, -0.2) is 14.1 Å². The minimum atomic E-state index is -0.306.